The number of carbonyl (C=O) groups excluding carboxylic acids is 3. The molecule has 1 aromatic heterocycles. The van der Waals surface area contributed by atoms with E-state index in [0.717, 1.165) is 19.3 Å². The zero-order chi connectivity index (χ0) is 25.2. The van der Waals surface area contributed by atoms with Crippen LogP contribution in [0.25, 0.3) is 0 Å². The summed E-state index contributed by atoms with van der Waals surface area (Å²) in [5, 5.41) is 0. The highest BCUT2D eigenvalue weighted by Crippen LogP contribution is 2.32. The molecule has 0 aliphatic carbocycles. The quantitative estimate of drug-likeness (QED) is 0.444. The van der Waals surface area contributed by atoms with Crippen molar-refractivity contribution in [3.05, 3.63) is 46.3 Å². The Kier molecular flexibility index (Phi) is 7.62. The summed E-state index contributed by atoms with van der Waals surface area (Å²) in [5.74, 6) is -1.38. The molecule has 34 heavy (non-hydrogen) atoms. The summed E-state index contributed by atoms with van der Waals surface area (Å²) in [6.45, 7) is 6.44. The molecule has 0 saturated carbocycles. The maximum Gasteiger partial charge on any atom is 0.338 e. The second-order valence-electron chi connectivity index (χ2n) is 8.51. The lowest BCUT2D eigenvalue weighted by atomic mass is 10.1. The second-order valence-corrected chi connectivity index (χ2v) is 10.4. The number of rotatable bonds is 8. The van der Waals surface area contributed by atoms with Crippen molar-refractivity contribution in [3.8, 4) is 5.75 Å². The molecule has 184 valence electrons. The third kappa shape index (κ3) is 4.92. The number of Topliss-reactive ketones (excluding diaryl/α,β-unsaturated/α-hetero) is 2. The monoisotopic (exact) mass is 490 g/mol. The van der Waals surface area contributed by atoms with Crippen LogP contribution < -0.4 is 4.74 Å². The molecule has 1 aliphatic rings. The lowest BCUT2D eigenvalue weighted by Crippen LogP contribution is -2.42. The van der Waals surface area contributed by atoms with Crippen LogP contribution >= 0.6 is 0 Å². The number of benzene rings is 1. The van der Waals surface area contributed by atoms with Crippen molar-refractivity contribution in [1.29, 1.82) is 0 Å². The van der Waals surface area contributed by atoms with Crippen LogP contribution in [-0.4, -0.2) is 61.5 Å². The molecule has 10 heteroatoms. The number of aryl methyl sites for hydroxylation is 1. The summed E-state index contributed by atoms with van der Waals surface area (Å²) in [6.07, 6.45) is 2.48. The summed E-state index contributed by atoms with van der Waals surface area (Å²) in [4.78, 5) is 39.8. The minimum atomic E-state index is -3.90. The number of ketones is 2. The van der Waals surface area contributed by atoms with Crippen molar-refractivity contribution in [2.45, 2.75) is 57.9 Å². The van der Waals surface area contributed by atoms with Crippen LogP contribution in [0.15, 0.2) is 23.1 Å². The predicted molar refractivity (Wildman–Crippen MR) is 125 cm³/mol. The average molecular weight is 491 g/mol. The van der Waals surface area contributed by atoms with Gasteiger partial charge in [0.05, 0.1) is 18.4 Å². The number of aromatic nitrogens is 1. The first-order chi connectivity index (χ1) is 16.0. The predicted octanol–water partition coefficient (Wildman–Crippen LogP) is 3.45. The first kappa shape index (κ1) is 25.6. The number of methoxy groups -OCH3 is 1. The van der Waals surface area contributed by atoms with Crippen molar-refractivity contribution in [3.63, 3.8) is 0 Å². The van der Waals surface area contributed by atoms with Gasteiger partial charge in [0.25, 0.3) is 0 Å². The Morgan fingerprint density at radius 3 is 2.47 bits per heavy atom. The van der Waals surface area contributed by atoms with Crippen molar-refractivity contribution >= 4 is 27.6 Å². The van der Waals surface area contributed by atoms with Crippen LogP contribution in [0.5, 0.6) is 5.75 Å². The van der Waals surface area contributed by atoms with Gasteiger partial charge in [0, 0.05) is 23.8 Å². The topological polar surface area (TPSA) is 123 Å². The first-order valence-electron chi connectivity index (χ1n) is 11.1. The van der Waals surface area contributed by atoms with E-state index in [1.54, 1.807) is 13.8 Å². The fourth-order valence-corrected chi connectivity index (χ4v) is 6.29. The van der Waals surface area contributed by atoms with Gasteiger partial charge in [-0.2, -0.15) is 4.31 Å². The Bertz CT molecular complexity index is 1230. The van der Waals surface area contributed by atoms with Crippen LogP contribution in [-0.2, 0) is 14.8 Å². The van der Waals surface area contributed by atoms with E-state index in [0.29, 0.717) is 23.4 Å². The number of hydrogen-bond acceptors (Lipinski definition) is 7. The van der Waals surface area contributed by atoms with Crippen molar-refractivity contribution in [2.24, 2.45) is 0 Å². The Morgan fingerprint density at radius 1 is 1.18 bits per heavy atom. The van der Waals surface area contributed by atoms with Crippen LogP contribution in [0.2, 0.25) is 0 Å². The lowest BCUT2D eigenvalue weighted by molar-refractivity contribution is 0.0473. The van der Waals surface area contributed by atoms with Gasteiger partial charge in [-0.3, -0.25) is 9.59 Å². The number of carbonyl (C=O) groups is 3. The number of hydrogen-bond donors (Lipinski definition) is 1. The highest BCUT2D eigenvalue weighted by Gasteiger charge is 2.34. The molecule has 9 nitrogen and oxygen atoms in total. The van der Waals surface area contributed by atoms with Crippen LogP contribution in [0.4, 0.5) is 0 Å². The number of nitrogens with zero attached hydrogens (tertiary/aromatic N) is 1. The SMILES string of the molecule is COc1ccc(C(=O)OCC(=O)c2[nH]c(C)c(C(C)=O)c2C)cc1S(=O)(=O)N1CCCCC1C. The molecule has 3 rings (SSSR count). The Labute approximate surface area is 199 Å². The number of nitrogens with one attached hydrogen (secondary N) is 1. The van der Waals surface area contributed by atoms with Gasteiger partial charge < -0.3 is 14.5 Å². The molecule has 1 fully saturated rings. The van der Waals surface area contributed by atoms with Gasteiger partial charge in [-0.15, -0.1) is 0 Å². The van der Waals surface area contributed by atoms with E-state index in [4.69, 9.17) is 9.47 Å². The molecule has 1 saturated heterocycles. The largest absolute Gasteiger partial charge is 0.495 e. The van der Waals surface area contributed by atoms with E-state index in [2.05, 4.69) is 4.98 Å². The van der Waals surface area contributed by atoms with Gasteiger partial charge >= 0.3 is 5.97 Å². The Morgan fingerprint density at radius 2 is 1.88 bits per heavy atom. The van der Waals surface area contributed by atoms with Crippen molar-refractivity contribution < 1.29 is 32.3 Å². The molecule has 2 aromatic rings. The molecule has 0 radical (unpaired) electrons. The molecular formula is C24H30N2O7S. The standard InChI is InChI=1S/C24H30N2O7S/c1-14-8-6-7-11-26(14)34(30,31)21-12-18(9-10-20(21)32-5)24(29)33-13-19(28)23-15(2)22(17(4)27)16(3)25-23/h9-10,12,14,25H,6-8,11,13H2,1-5H3. The molecule has 2 heterocycles. The minimum Gasteiger partial charge on any atom is -0.495 e. The van der Waals surface area contributed by atoms with E-state index in [1.807, 2.05) is 6.92 Å². The summed E-state index contributed by atoms with van der Waals surface area (Å²) in [5.41, 5.74) is 1.69. The zero-order valence-corrected chi connectivity index (χ0v) is 20.9. The fourth-order valence-electron chi connectivity index (χ4n) is 4.40. The Balaban J connectivity index is 1.82. The van der Waals surface area contributed by atoms with Gasteiger partial charge in [0.2, 0.25) is 15.8 Å². The van der Waals surface area contributed by atoms with Crippen LogP contribution in [0, 0.1) is 13.8 Å². The van der Waals surface area contributed by atoms with Gasteiger partial charge in [-0.1, -0.05) is 6.42 Å². The molecule has 0 spiro atoms. The third-order valence-electron chi connectivity index (χ3n) is 6.13. The number of ether oxygens (including phenoxy) is 2. The van der Waals surface area contributed by atoms with Crippen molar-refractivity contribution in [2.75, 3.05) is 20.3 Å². The number of H-pyrrole nitrogens is 1. The van der Waals surface area contributed by atoms with E-state index in [-0.39, 0.29) is 33.7 Å². The number of aromatic amines is 1. The molecule has 0 bridgehead atoms. The second kappa shape index (κ2) is 10.1. The third-order valence-corrected chi connectivity index (χ3v) is 8.17. The van der Waals surface area contributed by atoms with Gasteiger partial charge in [0.1, 0.15) is 10.6 Å². The van der Waals surface area contributed by atoms with E-state index in [1.165, 1.54) is 36.5 Å². The highest BCUT2D eigenvalue weighted by atomic mass is 32.2. The molecule has 1 aliphatic heterocycles. The maximum absolute atomic E-state index is 13.3. The molecule has 1 N–H and O–H groups in total. The summed E-state index contributed by atoms with van der Waals surface area (Å²) in [6, 6.07) is 3.85. The molecule has 1 aromatic carbocycles. The number of esters is 1. The van der Waals surface area contributed by atoms with Gasteiger partial charge in [-0.05, 0) is 64.3 Å². The first-order valence-corrected chi connectivity index (χ1v) is 12.5. The van der Waals surface area contributed by atoms with E-state index < -0.39 is 28.4 Å². The van der Waals surface area contributed by atoms with Crippen LogP contribution in [0.3, 0.4) is 0 Å². The van der Waals surface area contributed by atoms with Crippen LogP contribution in [0.1, 0.15) is 75.6 Å². The summed E-state index contributed by atoms with van der Waals surface area (Å²) in [7, 11) is -2.54. The average Bonchev–Trinajstić information content (AvgIpc) is 3.10. The highest BCUT2D eigenvalue weighted by molar-refractivity contribution is 7.89. The zero-order valence-electron chi connectivity index (χ0n) is 20.1. The number of sulfonamides is 1. The molecule has 1 unspecified atom stereocenters. The Hall–Kier alpha value is -2.98. The van der Waals surface area contributed by atoms with Crippen molar-refractivity contribution in [1.82, 2.24) is 9.29 Å². The fraction of sp³-hybridized carbons (Fsp3) is 0.458. The lowest BCUT2D eigenvalue weighted by Gasteiger charge is -2.32. The normalized spacial score (nSPS) is 16.8. The smallest absolute Gasteiger partial charge is 0.338 e. The summed E-state index contributed by atoms with van der Waals surface area (Å²) >= 11 is 0. The van der Waals surface area contributed by atoms with E-state index in [9.17, 15) is 22.8 Å². The van der Waals surface area contributed by atoms with Gasteiger partial charge in [-0.25, -0.2) is 13.2 Å². The maximum atomic E-state index is 13.3. The molecular weight excluding hydrogens is 460 g/mol. The number of piperidine rings is 1. The van der Waals surface area contributed by atoms with Gasteiger partial charge in [0.15, 0.2) is 12.4 Å². The molecule has 0 amide bonds. The minimum absolute atomic E-state index is 0.0133. The summed E-state index contributed by atoms with van der Waals surface area (Å²) < 4.78 is 38.5. The molecule has 1 atom stereocenters. The van der Waals surface area contributed by atoms with E-state index >= 15 is 0 Å².